The fraction of sp³-hybridized carbons (Fsp3) is 0.824. The van der Waals surface area contributed by atoms with E-state index in [1.807, 2.05) is 0 Å². The molecule has 0 spiro atoms. The molecule has 3 rings (SSSR count). The van der Waals surface area contributed by atoms with Gasteiger partial charge in [0.15, 0.2) is 0 Å². The van der Waals surface area contributed by atoms with Crippen molar-refractivity contribution < 1.29 is 0 Å². The largest absolute Gasteiger partial charge is 0.314 e. The van der Waals surface area contributed by atoms with Crippen LogP contribution in [0, 0.1) is 5.92 Å². The Labute approximate surface area is 128 Å². The fourth-order valence-corrected chi connectivity index (χ4v) is 3.56. The van der Waals surface area contributed by atoms with Crippen molar-refractivity contribution in [3.8, 4) is 0 Å². The van der Waals surface area contributed by atoms with Crippen LogP contribution in [0.15, 0.2) is 12.4 Å². The Morgan fingerprint density at radius 1 is 1.29 bits per heavy atom. The standard InChI is InChI=1S/C17H30N4/c1-13(2)21-12-15(11-19-21)17-14(10-18-16-7-8-16)6-4-5-9-20(17)3/h11-14,16-18H,4-10H2,1-3H3. The van der Waals surface area contributed by atoms with Gasteiger partial charge in [-0.15, -0.1) is 0 Å². The van der Waals surface area contributed by atoms with Crippen molar-refractivity contribution in [2.24, 2.45) is 5.92 Å². The molecule has 1 aromatic heterocycles. The van der Waals surface area contributed by atoms with Crippen molar-refractivity contribution in [3.05, 3.63) is 18.0 Å². The van der Waals surface area contributed by atoms with Crippen LogP contribution >= 0.6 is 0 Å². The molecule has 1 aliphatic carbocycles. The number of nitrogens with one attached hydrogen (secondary N) is 1. The Balaban J connectivity index is 1.76. The summed E-state index contributed by atoms with van der Waals surface area (Å²) in [5.74, 6) is 0.711. The van der Waals surface area contributed by atoms with E-state index < -0.39 is 0 Å². The van der Waals surface area contributed by atoms with Gasteiger partial charge in [0.2, 0.25) is 0 Å². The molecule has 2 heterocycles. The molecule has 1 aliphatic heterocycles. The monoisotopic (exact) mass is 290 g/mol. The molecule has 0 aromatic carbocycles. The zero-order chi connectivity index (χ0) is 14.8. The third kappa shape index (κ3) is 3.67. The number of likely N-dealkylation sites (tertiary alicyclic amines) is 1. The molecule has 0 bridgehead atoms. The molecule has 0 amide bonds. The topological polar surface area (TPSA) is 33.1 Å². The lowest BCUT2D eigenvalue weighted by molar-refractivity contribution is 0.188. The van der Waals surface area contributed by atoms with Crippen molar-refractivity contribution in [1.82, 2.24) is 20.0 Å². The lowest BCUT2D eigenvalue weighted by Gasteiger charge is -2.32. The van der Waals surface area contributed by atoms with Crippen LogP contribution in [0.4, 0.5) is 0 Å². The number of nitrogens with zero attached hydrogens (tertiary/aromatic N) is 3. The number of rotatable bonds is 5. The average Bonchev–Trinajstić information content (AvgIpc) is 3.19. The molecule has 1 saturated carbocycles. The normalized spacial score (nSPS) is 28.0. The van der Waals surface area contributed by atoms with Gasteiger partial charge in [-0.3, -0.25) is 9.58 Å². The molecule has 4 heteroatoms. The summed E-state index contributed by atoms with van der Waals surface area (Å²) in [4.78, 5) is 2.55. The predicted octanol–water partition coefficient (Wildman–Crippen LogP) is 2.99. The summed E-state index contributed by atoms with van der Waals surface area (Å²) in [6.45, 7) is 6.75. The van der Waals surface area contributed by atoms with Gasteiger partial charge in [0.1, 0.15) is 0 Å². The van der Waals surface area contributed by atoms with Gasteiger partial charge in [-0.1, -0.05) is 6.42 Å². The van der Waals surface area contributed by atoms with Crippen molar-refractivity contribution in [1.29, 1.82) is 0 Å². The third-order valence-electron chi connectivity index (χ3n) is 5.00. The van der Waals surface area contributed by atoms with E-state index >= 15 is 0 Å². The highest BCUT2D eigenvalue weighted by atomic mass is 15.3. The van der Waals surface area contributed by atoms with Crippen molar-refractivity contribution >= 4 is 0 Å². The van der Waals surface area contributed by atoms with E-state index in [0.29, 0.717) is 18.0 Å². The molecule has 118 valence electrons. The molecule has 4 nitrogen and oxygen atoms in total. The zero-order valence-corrected chi connectivity index (χ0v) is 13.8. The molecular weight excluding hydrogens is 260 g/mol. The maximum absolute atomic E-state index is 4.57. The summed E-state index contributed by atoms with van der Waals surface area (Å²) < 4.78 is 2.10. The first-order valence-electron chi connectivity index (χ1n) is 8.63. The first kappa shape index (κ1) is 15.0. The van der Waals surface area contributed by atoms with Crippen LogP contribution in [-0.2, 0) is 0 Å². The van der Waals surface area contributed by atoms with Gasteiger partial charge >= 0.3 is 0 Å². The lowest BCUT2D eigenvalue weighted by atomic mass is 9.91. The van der Waals surface area contributed by atoms with Crippen molar-refractivity contribution in [3.63, 3.8) is 0 Å². The summed E-state index contributed by atoms with van der Waals surface area (Å²) in [6, 6.07) is 1.77. The molecule has 2 atom stereocenters. The molecule has 2 aliphatic rings. The van der Waals surface area contributed by atoms with Crippen LogP contribution in [0.25, 0.3) is 0 Å². The maximum atomic E-state index is 4.57. The van der Waals surface area contributed by atoms with E-state index in [1.165, 1.54) is 44.2 Å². The second-order valence-corrected chi connectivity index (χ2v) is 7.21. The smallest absolute Gasteiger partial charge is 0.0537 e. The fourth-order valence-electron chi connectivity index (χ4n) is 3.56. The molecular formula is C17H30N4. The minimum atomic E-state index is 0.442. The predicted molar refractivity (Wildman–Crippen MR) is 86.3 cm³/mol. The van der Waals surface area contributed by atoms with Crippen LogP contribution < -0.4 is 5.32 Å². The highest BCUT2D eigenvalue weighted by Gasteiger charge is 2.31. The first-order chi connectivity index (χ1) is 10.1. The number of hydrogen-bond donors (Lipinski definition) is 1. The van der Waals surface area contributed by atoms with E-state index in [2.05, 4.69) is 53.3 Å². The van der Waals surface area contributed by atoms with Crippen LogP contribution in [0.1, 0.15) is 63.6 Å². The van der Waals surface area contributed by atoms with Gasteiger partial charge in [0, 0.05) is 36.4 Å². The minimum absolute atomic E-state index is 0.442. The van der Waals surface area contributed by atoms with Crippen LogP contribution in [0.2, 0.25) is 0 Å². The minimum Gasteiger partial charge on any atom is -0.314 e. The lowest BCUT2D eigenvalue weighted by Crippen LogP contribution is -2.35. The van der Waals surface area contributed by atoms with Gasteiger partial charge in [-0.05, 0) is 59.0 Å². The van der Waals surface area contributed by atoms with Gasteiger partial charge in [0.05, 0.1) is 6.20 Å². The highest BCUT2D eigenvalue weighted by Crippen LogP contribution is 2.34. The molecule has 1 saturated heterocycles. The average molecular weight is 290 g/mol. The molecule has 1 aromatic rings. The Hall–Kier alpha value is -0.870. The molecule has 2 fully saturated rings. The quantitative estimate of drug-likeness (QED) is 0.905. The second-order valence-electron chi connectivity index (χ2n) is 7.21. The van der Waals surface area contributed by atoms with Crippen molar-refractivity contribution in [2.75, 3.05) is 20.1 Å². The molecule has 1 N–H and O–H groups in total. The van der Waals surface area contributed by atoms with Crippen molar-refractivity contribution in [2.45, 2.75) is 64.1 Å². The van der Waals surface area contributed by atoms with E-state index in [0.717, 1.165) is 12.6 Å². The number of aromatic nitrogens is 2. The summed E-state index contributed by atoms with van der Waals surface area (Å²) in [7, 11) is 2.28. The van der Waals surface area contributed by atoms with E-state index in [1.54, 1.807) is 0 Å². The third-order valence-corrected chi connectivity index (χ3v) is 5.00. The van der Waals surface area contributed by atoms with E-state index in [-0.39, 0.29) is 0 Å². The Kier molecular flexibility index (Phi) is 4.65. The Morgan fingerprint density at radius 3 is 2.76 bits per heavy atom. The Morgan fingerprint density at radius 2 is 2.10 bits per heavy atom. The highest BCUT2D eigenvalue weighted by molar-refractivity contribution is 5.13. The second kappa shape index (κ2) is 6.49. The summed E-state index contributed by atoms with van der Waals surface area (Å²) >= 11 is 0. The van der Waals surface area contributed by atoms with Crippen LogP contribution in [0.3, 0.4) is 0 Å². The first-order valence-corrected chi connectivity index (χ1v) is 8.63. The van der Waals surface area contributed by atoms with Gasteiger partial charge in [-0.2, -0.15) is 5.10 Å². The Bertz CT molecular complexity index is 449. The zero-order valence-electron chi connectivity index (χ0n) is 13.8. The number of hydrogen-bond acceptors (Lipinski definition) is 3. The van der Waals surface area contributed by atoms with Crippen LogP contribution in [0.5, 0.6) is 0 Å². The van der Waals surface area contributed by atoms with E-state index in [9.17, 15) is 0 Å². The van der Waals surface area contributed by atoms with E-state index in [4.69, 9.17) is 0 Å². The van der Waals surface area contributed by atoms with Gasteiger partial charge in [-0.25, -0.2) is 0 Å². The molecule has 21 heavy (non-hydrogen) atoms. The van der Waals surface area contributed by atoms with Crippen LogP contribution in [-0.4, -0.2) is 40.9 Å². The molecule has 0 radical (unpaired) electrons. The summed E-state index contributed by atoms with van der Waals surface area (Å²) in [5.41, 5.74) is 1.40. The summed E-state index contributed by atoms with van der Waals surface area (Å²) in [5, 5.41) is 8.32. The maximum Gasteiger partial charge on any atom is 0.0537 e. The van der Waals surface area contributed by atoms with Gasteiger partial charge in [0.25, 0.3) is 0 Å². The molecule has 2 unspecified atom stereocenters. The SMILES string of the molecule is CC(C)n1cc(C2C(CNC3CC3)CCCCN2C)cn1. The summed E-state index contributed by atoms with van der Waals surface area (Å²) in [6.07, 6.45) is 11.1. The van der Waals surface area contributed by atoms with Gasteiger partial charge < -0.3 is 5.32 Å².